The first-order valence-corrected chi connectivity index (χ1v) is 11.5. The van der Waals surface area contributed by atoms with Crippen molar-refractivity contribution in [3.63, 3.8) is 0 Å². The van der Waals surface area contributed by atoms with Crippen LogP contribution in [0.3, 0.4) is 0 Å². The number of H-pyrrole nitrogens is 1. The molecule has 3 atom stereocenters. The second kappa shape index (κ2) is 9.38. The van der Waals surface area contributed by atoms with Crippen molar-refractivity contribution in [2.45, 2.75) is 32.2 Å². The largest absolute Gasteiger partial charge is 1.00 e. The normalized spacial score (nSPS) is 23.7. The van der Waals surface area contributed by atoms with E-state index >= 15 is 0 Å². The minimum absolute atomic E-state index is 0. The third-order valence-electron chi connectivity index (χ3n) is 6.65. The topological polar surface area (TPSA) is 117 Å². The number of carboxylic acids is 1. The first-order valence-electron chi connectivity index (χ1n) is 10.8. The number of anilines is 2. The molecule has 0 radical (unpaired) electrons. The van der Waals surface area contributed by atoms with Gasteiger partial charge in [0.05, 0.1) is 21.7 Å². The molecule has 2 saturated heterocycles. The summed E-state index contributed by atoms with van der Waals surface area (Å²) in [5.41, 5.74) is 0.826. The van der Waals surface area contributed by atoms with Crippen LogP contribution < -0.4 is 39.1 Å². The zero-order valence-electron chi connectivity index (χ0n) is 18.5. The Kier molecular flexibility index (Phi) is 6.88. The zero-order chi connectivity index (χ0) is 22.6. The Bertz CT molecular complexity index is 1080. The molecule has 33 heavy (non-hydrogen) atoms. The molecule has 2 aromatic heterocycles. The number of amides is 1. The van der Waals surface area contributed by atoms with E-state index in [1.807, 2.05) is 4.90 Å². The van der Waals surface area contributed by atoms with E-state index in [0.29, 0.717) is 35.6 Å². The molecule has 2 aliphatic heterocycles. The van der Waals surface area contributed by atoms with Gasteiger partial charge >= 0.3 is 18.9 Å². The Morgan fingerprint density at radius 3 is 2.33 bits per heavy atom. The van der Waals surface area contributed by atoms with E-state index in [1.54, 1.807) is 6.92 Å². The Morgan fingerprint density at radius 1 is 1.09 bits per heavy atom. The fraction of sp³-hybridized carbons (Fsp3) is 0.524. The number of nitrogens with one attached hydrogen (secondary N) is 2. The summed E-state index contributed by atoms with van der Waals surface area (Å²) in [6, 6.07) is 1.52. The monoisotopic (exact) mass is 484 g/mol. The van der Waals surface area contributed by atoms with Crippen molar-refractivity contribution in [3.05, 3.63) is 33.2 Å². The minimum atomic E-state index is -1.31. The molecule has 170 valence electrons. The number of carboxylic acid groups (broad SMARTS) is 1. The van der Waals surface area contributed by atoms with E-state index in [0.717, 1.165) is 32.4 Å². The van der Waals surface area contributed by atoms with Gasteiger partial charge in [-0.1, -0.05) is 23.2 Å². The van der Waals surface area contributed by atoms with Crippen LogP contribution in [0.5, 0.6) is 0 Å². The van der Waals surface area contributed by atoms with E-state index < -0.39 is 5.97 Å². The molecular formula is C21H23Cl2LiN6O3. The molecule has 3 aliphatic rings. The molecule has 9 nitrogen and oxygen atoms in total. The maximum Gasteiger partial charge on any atom is 1.00 e. The maximum absolute atomic E-state index is 12.6. The van der Waals surface area contributed by atoms with Crippen LogP contribution in [0, 0.1) is 18.8 Å². The van der Waals surface area contributed by atoms with E-state index in [-0.39, 0.29) is 59.1 Å². The molecule has 1 aliphatic carbocycles. The second-order valence-corrected chi connectivity index (χ2v) is 9.49. The fourth-order valence-electron chi connectivity index (χ4n) is 4.80. The summed E-state index contributed by atoms with van der Waals surface area (Å²) in [5.74, 6) is -0.0109. The van der Waals surface area contributed by atoms with Crippen molar-refractivity contribution < 1.29 is 33.6 Å². The molecule has 2 N–H and O–H groups in total. The number of aromatic carboxylic acids is 1. The predicted molar refractivity (Wildman–Crippen MR) is 118 cm³/mol. The molecule has 2 aromatic rings. The molecule has 4 heterocycles. The summed E-state index contributed by atoms with van der Waals surface area (Å²) in [6.45, 7) is 4.75. The van der Waals surface area contributed by atoms with Gasteiger partial charge in [0.25, 0.3) is 5.91 Å². The van der Waals surface area contributed by atoms with Gasteiger partial charge in [-0.15, -0.1) is 0 Å². The number of fused-ring (bicyclic) bond motifs is 1. The number of hydrogen-bond acceptors (Lipinski definition) is 7. The zero-order valence-corrected chi connectivity index (χ0v) is 20.0. The maximum atomic E-state index is 12.6. The molecule has 12 heteroatoms. The SMILES string of the molecule is Cc1[nH]c(C(=O)N[C@@H]2[C@@H]3CN(c4cc(C(=O)[O-])nc(N5CCCCC5)n4)C[C@@H]32)c(Cl)c1Cl.[Li+]. The van der Waals surface area contributed by atoms with Gasteiger partial charge in [0, 0.05) is 55.8 Å². The van der Waals surface area contributed by atoms with Crippen LogP contribution in [-0.4, -0.2) is 59.0 Å². The summed E-state index contributed by atoms with van der Waals surface area (Å²) >= 11 is 12.2. The Morgan fingerprint density at radius 2 is 1.76 bits per heavy atom. The number of piperidine rings is 2. The standard InChI is InChI=1S/C21H24Cl2N6O3.Li/c1-10-15(22)16(23)18(24-10)19(30)27-17-11-8-29(9-12(11)17)14-7-13(20(31)32)25-21(26-14)28-5-3-2-4-6-28;/h7,11-12,17,24H,2-6,8-9H2,1H3,(H,27,30)(H,31,32);/q;+1/p-1/t11-,12+,17-;. The number of nitrogens with zero attached hydrogens (tertiary/aromatic N) is 4. The van der Waals surface area contributed by atoms with Crippen LogP contribution in [0.1, 0.15) is 45.9 Å². The smallest absolute Gasteiger partial charge is 0.543 e. The van der Waals surface area contributed by atoms with Crippen molar-refractivity contribution in [1.29, 1.82) is 0 Å². The molecular weight excluding hydrogens is 462 g/mol. The molecule has 5 rings (SSSR count). The minimum Gasteiger partial charge on any atom is -0.543 e. The fourth-order valence-corrected chi connectivity index (χ4v) is 5.22. The quantitative estimate of drug-likeness (QED) is 0.503. The number of carbonyl (C=O) groups excluding carboxylic acids is 2. The summed E-state index contributed by atoms with van der Waals surface area (Å²) in [4.78, 5) is 40.0. The van der Waals surface area contributed by atoms with Crippen LogP contribution in [0.4, 0.5) is 11.8 Å². The van der Waals surface area contributed by atoms with Gasteiger partial charge < -0.3 is 30.0 Å². The van der Waals surface area contributed by atoms with E-state index in [4.69, 9.17) is 23.2 Å². The van der Waals surface area contributed by atoms with Crippen LogP contribution in [0.2, 0.25) is 10.0 Å². The van der Waals surface area contributed by atoms with Gasteiger partial charge in [-0.25, -0.2) is 4.98 Å². The molecule has 3 fully saturated rings. The van der Waals surface area contributed by atoms with E-state index in [1.165, 1.54) is 6.07 Å². The average molecular weight is 485 g/mol. The Labute approximate surface area is 213 Å². The molecule has 0 aromatic carbocycles. The third-order valence-corrected chi connectivity index (χ3v) is 7.59. The molecule has 0 unspecified atom stereocenters. The number of aromatic nitrogens is 3. The van der Waals surface area contributed by atoms with Crippen LogP contribution in [-0.2, 0) is 0 Å². The number of aromatic amines is 1. The first-order chi connectivity index (χ1) is 15.3. The van der Waals surface area contributed by atoms with Gasteiger partial charge in [0.1, 0.15) is 11.5 Å². The molecule has 1 amide bonds. The van der Waals surface area contributed by atoms with E-state index in [9.17, 15) is 14.7 Å². The van der Waals surface area contributed by atoms with Gasteiger partial charge in [0.15, 0.2) is 0 Å². The second-order valence-electron chi connectivity index (χ2n) is 8.73. The summed E-state index contributed by atoms with van der Waals surface area (Å²) in [7, 11) is 0. The molecule has 0 spiro atoms. The van der Waals surface area contributed by atoms with Crippen LogP contribution >= 0.6 is 23.2 Å². The van der Waals surface area contributed by atoms with Gasteiger partial charge in [-0.2, -0.15) is 4.98 Å². The van der Waals surface area contributed by atoms with Crippen LogP contribution in [0.15, 0.2) is 6.07 Å². The number of carbonyl (C=O) groups is 2. The van der Waals surface area contributed by atoms with E-state index in [2.05, 4.69) is 25.2 Å². The van der Waals surface area contributed by atoms with Gasteiger partial charge in [0.2, 0.25) is 5.95 Å². The number of hydrogen-bond donors (Lipinski definition) is 2. The van der Waals surface area contributed by atoms with Crippen molar-refractivity contribution in [1.82, 2.24) is 20.3 Å². The number of aryl methyl sites for hydroxylation is 1. The Balaban J connectivity index is 0.00000259. The summed E-state index contributed by atoms with van der Waals surface area (Å²) in [6.07, 6.45) is 3.24. The van der Waals surface area contributed by atoms with Crippen molar-refractivity contribution in [3.8, 4) is 0 Å². The summed E-state index contributed by atoms with van der Waals surface area (Å²) < 4.78 is 0. The molecule has 0 bridgehead atoms. The van der Waals surface area contributed by atoms with Crippen molar-refractivity contribution in [2.24, 2.45) is 11.8 Å². The van der Waals surface area contributed by atoms with Gasteiger partial charge in [-0.05, 0) is 26.2 Å². The first kappa shape index (κ1) is 24.2. The third kappa shape index (κ3) is 4.56. The Hall–Kier alpha value is -1.92. The number of rotatable bonds is 5. The van der Waals surface area contributed by atoms with Crippen molar-refractivity contribution >= 4 is 46.8 Å². The molecule has 1 saturated carbocycles. The van der Waals surface area contributed by atoms with Crippen LogP contribution in [0.25, 0.3) is 0 Å². The predicted octanol–water partition coefficient (Wildman–Crippen LogP) is -1.36. The number of halogens is 2. The summed E-state index contributed by atoms with van der Waals surface area (Å²) in [5, 5.41) is 15.2. The average Bonchev–Trinajstić information content (AvgIpc) is 3.11. The van der Waals surface area contributed by atoms with Crippen molar-refractivity contribution in [2.75, 3.05) is 36.0 Å². The van der Waals surface area contributed by atoms with Gasteiger partial charge in [-0.3, -0.25) is 4.79 Å².